The number of nitrogens with one attached hydrogen (secondary N) is 2. The molecule has 0 unspecified atom stereocenters. The van der Waals surface area contributed by atoms with Crippen molar-refractivity contribution in [3.8, 4) is 0 Å². The van der Waals surface area contributed by atoms with E-state index in [1.807, 2.05) is 25.1 Å². The molecule has 1 aliphatic heterocycles. The topological polar surface area (TPSA) is 109 Å². The van der Waals surface area contributed by atoms with E-state index in [1.54, 1.807) is 41.0 Å². The van der Waals surface area contributed by atoms with Crippen LogP contribution in [0.25, 0.3) is 0 Å². The molecule has 0 aliphatic carbocycles. The highest BCUT2D eigenvalue weighted by molar-refractivity contribution is 5.99. The smallest absolute Gasteiger partial charge is 0.272 e. The number of carbonyl (C=O) groups excluding carboxylic acids is 3. The van der Waals surface area contributed by atoms with Crippen molar-refractivity contribution >= 4 is 17.7 Å². The van der Waals surface area contributed by atoms with Crippen LogP contribution in [0.2, 0.25) is 0 Å². The largest absolute Gasteiger partial charge is 0.350 e. The number of amides is 3. The van der Waals surface area contributed by atoms with Crippen LogP contribution in [-0.2, 0) is 24.4 Å². The van der Waals surface area contributed by atoms with Gasteiger partial charge in [-0.25, -0.2) is 0 Å². The number of pyridine rings is 1. The Morgan fingerprint density at radius 1 is 1.09 bits per heavy atom. The summed E-state index contributed by atoms with van der Waals surface area (Å²) in [6.07, 6.45) is 4.04. The highest BCUT2D eigenvalue weighted by Crippen LogP contribution is 2.17. The van der Waals surface area contributed by atoms with E-state index in [-0.39, 0.29) is 17.5 Å². The fourth-order valence-electron chi connectivity index (χ4n) is 3.91. The van der Waals surface area contributed by atoms with Gasteiger partial charge in [-0.05, 0) is 43.5 Å². The molecule has 2 aromatic heterocycles. The third-order valence-electron chi connectivity index (χ3n) is 5.73. The molecule has 1 aromatic carbocycles. The van der Waals surface area contributed by atoms with Crippen LogP contribution in [0.3, 0.4) is 0 Å². The van der Waals surface area contributed by atoms with Gasteiger partial charge >= 0.3 is 0 Å². The molecule has 0 fully saturated rings. The molecule has 0 spiro atoms. The molecule has 0 bridgehead atoms. The molecule has 3 amide bonds. The zero-order valence-electron chi connectivity index (χ0n) is 19.3. The van der Waals surface area contributed by atoms with Crippen molar-refractivity contribution in [2.45, 2.75) is 45.9 Å². The molecule has 176 valence electrons. The minimum absolute atomic E-state index is 0.120. The van der Waals surface area contributed by atoms with E-state index in [0.29, 0.717) is 31.9 Å². The summed E-state index contributed by atoms with van der Waals surface area (Å²) in [5.74, 6) is -0.967. The molecule has 2 N–H and O–H groups in total. The molecule has 3 heterocycles. The van der Waals surface area contributed by atoms with Crippen LogP contribution in [0.1, 0.15) is 51.0 Å². The summed E-state index contributed by atoms with van der Waals surface area (Å²) in [4.78, 5) is 44.0. The Morgan fingerprint density at radius 3 is 2.65 bits per heavy atom. The second kappa shape index (κ2) is 10.3. The molecule has 1 atom stereocenters. The van der Waals surface area contributed by atoms with E-state index < -0.39 is 11.9 Å². The fraction of sp³-hybridized carbons (Fsp3) is 0.320. The molecule has 1 aliphatic rings. The Morgan fingerprint density at radius 2 is 1.88 bits per heavy atom. The highest BCUT2D eigenvalue weighted by atomic mass is 16.2. The van der Waals surface area contributed by atoms with Crippen LogP contribution < -0.4 is 10.6 Å². The van der Waals surface area contributed by atoms with Gasteiger partial charge in [-0.2, -0.15) is 5.10 Å². The molecule has 34 heavy (non-hydrogen) atoms. The Bertz CT molecular complexity index is 1190. The average molecular weight is 461 g/mol. The van der Waals surface area contributed by atoms with Crippen molar-refractivity contribution in [1.82, 2.24) is 30.3 Å². The van der Waals surface area contributed by atoms with E-state index >= 15 is 0 Å². The number of nitrogens with zero attached hydrogens (tertiary/aromatic N) is 4. The number of aryl methyl sites for hydroxylation is 2. The molecule has 3 aromatic rings. The third kappa shape index (κ3) is 5.48. The second-order valence-electron chi connectivity index (χ2n) is 8.48. The molecular weight excluding hydrogens is 432 g/mol. The lowest BCUT2D eigenvalue weighted by molar-refractivity contribution is -0.122. The van der Waals surface area contributed by atoms with Gasteiger partial charge < -0.3 is 15.5 Å². The van der Waals surface area contributed by atoms with Gasteiger partial charge in [-0.3, -0.25) is 24.0 Å². The lowest BCUT2D eigenvalue weighted by atomic mass is 10.1. The maximum absolute atomic E-state index is 13.2. The van der Waals surface area contributed by atoms with Crippen LogP contribution in [0.5, 0.6) is 0 Å². The molecule has 0 radical (unpaired) electrons. The van der Waals surface area contributed by atoms with Crippen molar-refractivity contribution in [3.05, 3.63) is 82.9 Å². The SMILES string of the molecule is Cc1cccc(CN2CCCn3nc(C(=O)N[C@@H](C)C(=O)NCc4ccncc4)cc3C2=O)c1. The van der Waals surface area contributed by atoms with Gasteiger partial charge in [0.25, 0.3) is 11.8 Å². The second-order valence-corrected chi connectivity index (χ2v) is 8.48. The van der Waals surface area contributed by atoms with Gasteiger partial charge in [0.1, 0.15) is 11.7 Å². The zero-order valence-corrected chi connectivity index (χ0v) is 19.3. The summed E-state index contributed by atoms with van der Waals surface area (Å²) in [5.41, 5.74) is 3.61. The average Bonchev–Trinajstić information content (AvgIpc) is 3.20. The van der Waals surface area contributed by atoms with E-state index in [4.69, 9.17) is 0 Å². The van der Waals surface area contributed by atoms with Gasteiger partial charge in [0.2, 0.25) is 5.91 Å². The number of rotatable bonds is 7. The zero-order chi connectivity index (χ0) is 24.1. The summed E-state index contributed by atoms with van der Waals surface area (Å²) >= 11 is 0. The van der Waals surface area contributed by atoms with E-state index in [2.05, 4.69) is 26.8 Å². The number of carbonyl (C=O) groups is 3. The van der Waals surface area contributed by atoms with Crippen molar-refractivity contribution in [3.63, 3.8) is 0 Å². The molecule has 4 rings (SSSR count). The summed E-state index contributed by atoms with van der Waals surface area (Å²) < 4.78 is 1.58. The van der Waals surface area contributed by atoms with Crippen molar-refractivity contribution in [2.75, 3.05) is 6.54 Å². The lowest BCUT2D eigenvalue weighted by Gasteiger charge is -2.20. The van der Waals surface area contributed by atoms with Crippen molar-refractivity contribution < 1.29 is 14.4 Å². The summed E-state index contributed by atoms with van der Waals surface area (Å²) in [6.45, 7) is 5.63. The molecule has 0 saturated heterocycles. The first-order valence-corrected chi connectivity index (χ1v) is 11.3. The summed E-state index contributed by atoms with van der Waals surface area (Å²) in [6, 6.07) is 12.4. The first-order valence-electron chi connectivity index (χ1n) is 11.3. The number of aromatic nitrogens is 3. The standard InChI is InChI=1S/C25H28N6O3/c1-17-5-3-6-20(13-17)16-30-11-4-12-31-22(25(30)34)14-21(29-31)24(33)28-18(2)23(32)27-15-19-7-9-26-10-8-19/h3,5-10,13-14,18H,4,11-12,15-16H2,1-2H3,(H,27,32)(H,28,33)/t18-/m0/s1. The minimum atomic E-state index is -0.760. The van der Waals surface area contributed by atoms with Crippen LogP contribution in [-0.4, -0.2) is 50.0 Å². The van der Waals surface area contributed by atoms with Gasteiger partial charge in [0.05, 0.1) is 0 Å². The maximum Gasteiger partial charge on any atom is 0.272 e. The highest BCUT2D eigenvalue weighted by Gasteiger charge is 2.27. The van der Waals surface area contributed by atoms with Crippen molar-refractivity contribution in [1.29, 1.82) is 0 Å². The summed E-state index contributed by atoms with van der Waals surface area (Å²) in [7, 11) is 0. The van der Waals surface area contributed by atoms with Crippen LogP contribution in [0.15, 0.2) is 54.9 Å². The quantitative estimate of drug-likeness (QED) is 0.561. The fourth-order valence-corrected chi connectivity index (χ4v) is 3.91. The molecule has 9 nitrogen and oxygen atoms in total. The third-order valence-corrected chi connectivity index (χ3v) is 5.73. The Hall–Kier alpha value is -4.01. The summed E-state index contributed by atoms with van der Waals surface area (Å²) in [5, 5.41) is 9.79. The number of hydrogen-bond donors (Lipinski definition) is 2. The van der Waals surface area contributed by atoms with Gasteiger partial charge in [-0.1, -0.05) is 29.8 Å². The monoisotopic (exact) mass is 460 g/mol. The minimum Gasteiger partial charge on any atom is -0.350 e. The molecular formula is C25H28N6O3. The molecule has 0 saturated carbocycles. The van der Waals surface area contributed by atoms with Crippen molar-refractivity contribution in [2.24, 2.45) is 0 Å². The lowest BCUT2D eigenvalue weighted by Crippen LogP contribution is -2.44. The number of hydrogen-bond acceptors (Lipinski definition) is 5. The first kappa shape index (κ1) is 23.2. The van der Waals surface area contributed by atoms with Crippen LogP contribution >= 0.6 is 0 Å². The molecule has 9 heteroatoms. The first-order chi connectivity index (χ1) is 16.4. The van der Waals surface area contributed by atoms with E-state index in [0.717, 1.165) is 23.1 Å². The maximum atomic E-state index is 13.2. The Balaban J connectivity index is 1.39. The van der Waals surface area contributed by atoms with Gasteiger partial charge in [-0.15, -0.1) is 0 Å². The number of fused-ring (bicyclic) bond motifs is 1. The Labute approximate surface area is 198 Å². The van der Waals surface area contributed by atoms with E-state index in [1.165, 1.54) is 6.07 Å². The van der Waals surface area contributed by atoms with Gasteiger partial charge in [0.15, 0.2) is 5.69 Å². The number of benzene rings is 1. The van der Waals surface area contributed by atoms with Crippen LogP contribution in [0, 0.1) is 6.92 Å². The van der Waals surface area contributed by atoms with Crippen LogP contribution in [0.4, 0.5) is 0 Å². The van der Waals surface area contributed by atoms with Gasteiger partial charge in [0, 0.05) is 44.6 Å². The van der Waals surface area contributed by atoms with E-state index in [9.17, 15) is 14.4 Å². The normalized spacial score (nSPS) is 14.2. The predicted molar refractivity (Wildman–Crippen MR) is 126 cm³/mol. The Kier molecular flexibility index (Phi) is 7.01. The predicted octanol–water partition coefficient (Wildman–Crippen LogP) is 2.07.